The fraction of sp³-hybridized carbons (Fsp3) is 1.00. The standard InChI is InChI=1S/C4H9O3P.2H3N/c1-3-4(2)7-8(5)6;;/h4H,3H2,1-2H3;2*1H3/q-2;;/p+2. The van der Waals surface area contributed by atoms with Crippen molar-refractivity contribution in [2.75, 3.05) is 0 Å². The molecular formula is C4H17N2O3P. The number of hydrogen-bond acceptors (Lipinski definition) is 3. The molecule has 6 heteroatoms. The van der Waals surface area contributed by atoms with Crippen LogP contribution in [0.2, 0.25) is 0 Å². The van der Waals surface area contributed by atoms with E-state index in [1.807, 2.05) is 6.92 Å². The Kier molecular flexibility index (Phi) is 15.4. The van der Waals surface area contributed by atoms with Gasteiger partial charge < -0.3 is 26.6 Å². The molecule has 1 atom stereocenters. The zero-order chi connectivity index (χ0) is 6.57. The summed E-state index contributed by atoms with van der Waals surface area (Å²) in [4.78, 5) is 19.6. The lowest BCUT2D eigenvalue weighted by Crippen LogP contribution is -2.15. The van der Waals surface area contributed by atoms with E-state index in [1.165, 1.54) is 0 Å². The van der Waals surface area contributed by atoms with Gasteiger partial charge in [0.2, 0.25) is 0 Å². The Labute approximate surface area is 62.6 Å². The monoisotopic (exact) mass is 172 g/mol. The highest BCUT2D eigenvalue weighted by Gasteiger charge is 1.91. The van der Waals surface area contributed by atoms with Crippen LogP contribution in [0.4, 0.5) is 0 Å². The third-order valence-corrected chi connectivity index (χ3v) is 1.37. The summed E-state index contributed by atoms with van der Waals surface area (Å²) in [6, 6.07) is 0. The van der Waals surface area contributed by atoms with Gasteiger partial charge in [-0.05, 0) is 13.3 Å². The molecule has 10 heavy (non-hydrogen) atoms. The molecule has 8 N–H and O–H groups in total. The van der Waals surface area contributed by atoms with Crippen molar-refractivity contribution in [3.05, 3.63) is 0 Å². The van der Waals surface area contributed by atoms with E-state index in [-0.39, 0.29) is 18.4 Å². The highest BCUT2D eigenvalue weighted by Crippen LogP contribution is 2.17. The minimum atomic E-state index is -2.65. The van der Waals surface area contributed by atoms with Gasteiger partial charge in [-0.3, -0.25) is 0 Å². The van der Waals surface area contributed by atoms with Gasteiger partial charge in [-0.25, -0.2) is 0 Å². The first-order valence-corrected chi connectivity index (χ1v) is 3.57. The second-order valence-electron chi connectivity index (χ2n) is 1.55. The Morgan fingerprint density at radius 2 is 1.80 bits per heavy atom. The summed E-state index contributed by atoms with van der Waals surface area (Å²) in [5, 5.41) is 0. The predicted molar refractivity (Wildman–Crippen MR) is 39.7 cm³/mol. The summed E-state index contributed by atoms with van der Waals surface area (Å²) >= 11 is 0. The molecule has 0 aliphatic heterocycles. The second-order valence-corrected chi connectivity index (χ2v) is 2.21. The molecule has 66 valence electrons. The first-order chi connectivity index (χ1) is 3.66. The molecule has 0 saturated heterocycles. The predicted octanol–water partition coefficient (Wildman–Crippen LogP) is 0.501. The van der Waals surface area contributed by atoms with Crippen LogP contribution < -0.4 is 22.1 Å². The molecule has 0 aliphatic rings. The average Bonchev–Trinajstić information content (AvgIpc) is 1.65. The fourth-order valence-corrected chi connectivity index (χ4v) is 0.664. The molecule has 0 aliphatic carbocycles. The third kappa shape index (κ3) is 11.1. The highest BCUT2D eigenvalue weighted by atomic mass is 31.2. The van der Waals surface area contributed by atoms with E-state index in [0.717, 1.165) is 6.42 Å². The molecule has 0 bridgehead atoms. The number of rotatable bonds is 3. The topological polar surface area (TPSA) is 128 Å². The SMILES string of the molecule is CCC(C)OP([O-])[O-].[NH4+].[NH4+]. The highest BCUT2D eigenvalue weighted by molar-refractivity contribution is 7.36. The van der Waals surface area contributed by atoms with Gasteiger partial charge in [-0.1, -0.05) is 6.92 Å². The van der Waals surface area contributed by atoms with Crippen molar-refractivity contribution in [3.63, 3.8) is 0 Å². The van der Waals surface area contributed by atoms with Crippen LogP contribution >= 0.6 is 8.60 Å². The van der Waals surface area contributed by atoms with Crippen LogP contribution in [0.5, 0.6) is 0 Å². The average molecular weight is 172 g/mol. The van der Waals surface area contributed by atoms with Crippen molar-refractivity contribution in [2.24, 2.45) is 0 Å². The van der Waals surface area contributed by atoms with Gasteiger partial charge in [0, 0.05) is 0 Å². The number of hydrogen-bond donors (Lipinski definition) is 2. The summed E-state index contributed by atoms with van der Waals surface area (Å²) < 4.78 is 4.35. The van der Waals surface area contributed by atoms with Crippen LogP contribution in [-0.2, 0) is 4.52 Å². The normalized spacial score (nSPS) is 11.7. The van der Waals surface area contributed by atoms with Crippen LogP contribution in [0.25, 0.3) is 0 Å². The van der Waals surface area contributed by atoms with E-state index in [1.54, 1.807) is 6.92 Å². The maximum atomic E-state index is 9.78. The molecule has 0 saturated carbocycles. The molecule has 1 unspecified atom stereocenters. The molecule has 0 rings (SSSR count). The van der Waals surface area contributed by atoms with Gasteiger partial charge in [0.25, 0.3) is 0 Å². The van der Waals surface area contributed by atoms with Gasteiger partial charge in [0.05, 0.1) is 6.10 Å². The van der Waals surface area contributed by atoms with Gasteiger partial charge in [-0.2, -0.15) is 8.60 Å². The first kappa shape index (κ1) is 16.7. The Hall–Kier alpha value is 0.230. The lowest BCUT2D eigenvalue weighted by Gasteiger charge is -2.32. The largest absolute Gasteiger partial charge is 0.820 e. The molecule has 0 heterocycles. The Morgan fingerprint density at radius 1 is 1.40 bits per heavy atom. The molecule has 0 spiro atoms. The summed E-state index contributed by atoms with van der Waals surface area (Å²) in [7, 11) is -2.65. The molecular weight excluding hydrogens is 155 g/mol. The van der Waals surface area contributed by atoms with Crippen LogP contribution in [0.15, 0.2) is 0 Å². The van der Waals surface area contributed by atoms with Crippen LogP contribution in [0.1, 0.15) is 20.3 Å². The van der Waals surface area contributed by atoms with Crippen molar-refractivity contribution in [1.82, 2.24) is 12.3 Å². The lowest BCUT2D eigenvalue weighted by molar-refractivity contribution is -0.321. The lowest BCUT2D eigenvalue weighted by atomic mass is 10.3. The molecule has 0 radical (unpaired) electrons. The zero-order valence-corrected chi connectivity index (χ0v) is 7.85. The van der Waals surface area contributed by atoms with E-state index in [0.29, 0.717) is 0 Å². The third-order valence-electron chi connectivity index (χ3n) is 0.841. The molecule has 0 aromatic carbocycles. The fourth-order valence-electron chi connectivity index (χ4n) is 0.221. The Balaban J connectivity index is -0.000000245. The summed E-state index contributed by atoms with van der Waals surface area (Å²) in [6.07, 6.45) is 0.555. The van der Waals surface area contributed by atoms with Crippen LogP contribution in [0.3, 0.4) is 0 Å². The van der Waals surface area contributed by atoms with E-state index in [9.17, 15) is 9.79 Å². The van der Waals surface area contributed by atoms with Crippen molar-refractivity contribution in [1.29, 1.82) is 0 Å². The van der Waals surface area contributed by atoms with E-state index < -0.39 is 8.60 Å². The Morgan fingerprint density at radius 3 is 1.90 bits per heavy atom. The van der Waals surface area contributed by atoms with Crippen molar-refractivity contribution in [2.45, 2.75) is 26.4 Å². The minimum absolute atomic E-state index is 0. The first-order valence-electron chi connectivity index (χ1n) is 2.48. The quantitative estimate of drug-likeness (QED) is 0.601. The molecule has 0 fully saturated rings. The summed E-state index contributed by atoms with van der Waals surface area (Å²) in [5.41, 5.74) is 0. The van der Waals surface area contributed by atoms with Gasteiger partial charge >= 0.3 is 0 Å². The summed E-state index contributed by atoms with van der Waals surface area (Å²) in [5.74, 6) is 0. The van der Waals surface area contributed by atoms with Crippen molar-refractivity contribution in [3.8, 4) is 0 Å². The summed E-state index contributed by atoms with van der Waals surface area (Å²) in [6.45, 7) is 3.58. The van der Waals surface area contributed by atoms with E-state index in [4.69, 9.17) is 0 Å². The van der Waals surface area contributed by atoms with Gasteiger partial charge in [-0.15, -0.1) is 0 Å². The minimum Gasteiger partial charge on any atom is -0.820 e. The Bertz CT molecular complexity index is 64.5. The molecule has 5 nitrogen and oxygen atoms in total. The number of quaternary nitrogens is 2. The molecule has 0 aromatic rings. The second kappa shape index (κ2) is 9.23. The van der Waals surface area contributed by atoms with Crippen LogP contribution in [-0.4, -0.2) is 6.10 Å². The van der Waals surface area contributed by atoms with Crippen LogP contribution in [0, 0.1) is 0 Å². The van der Waals surface area contributed by atoms with Gasteiger partial charge in [0.15, 0.2) is 0 Å². The smallest absolute Gasteiger partial charge is 0.0554 e. The maximum Gasteiger partial charge on any atom is 0.0554 e. The van der Waals surface area contributed by atoms with E-state index >= 15 is 0 Å². The molecule has 0 amide bonds. The van der Waals surface area contributed by atoms with Crippen molar-refractivity contribution >= 4 is 8.60 Å². The molecule has 0 aromatic heterocycles. The zero-order valence-electron chi connectivity index (χ0n) is 6.96. The van der Waals surface area contributed by atoms with Crippen molar-refractivity contribution < 1.29 is 14.3 Å². The maximum absolute atomic E-state index is 9.78. The van der Waals surface area contributed by atoms with Gasteiger partial charge in [0.1, 0.15) is 0 Å². The van der Waals surface area contributed by atoms with E-state index in [2.05, 4.69) is 4.52 Å².